The molecule has 0 saturated carbocycles. The van der Waals surface area contributed by atoms with Crippen LogP contribution in [0, 0.1) is 0 Å². The lowest BCUT2D eigenvalue weighted by Gasteiger charge is -2.38. The van der Waals surface area contributed by atoms with Crippen LogP contribution >= 0.6 is 0 Å². The van der Waals surface area contributed by atoms with Crippen molar-refractivity contribution in [2.75, 3.05) is 14.2 Å². The highest BCUT2D eigenvalue weighted by molar-refractivity contribution is 6.90. The molecule has 0 N–H and O–H groups in total. The lowest BCUT2D eigenvalue weighted by molar-refractivity contribution is 0.370. The van der Waals surface area contributed by atoms with Gasteiger partial charge < -0.3 is 9.47 Å². The van der Waals surface area contributed by atoms with Crippen LogP contribution in [0.3, 0.4) is 0 Å². The standard InChI is InChI=1S/C24H30O3Si/c1-24(2,3)28(6,7)21(17-25)22(18-12-9-8-10-13-18)23(27-5)19-14-11-15-20(16-19)26-4/h8-16H,1-7H3/b23-22-. The molecule has 0 atom stereocenters. The zero-order valence-corrected chi connectivity index (χ0v) is 18.9. The summed E-state index contributed by atoms with van der Waals surface area (Å²) in [6.45, 7) is 11.0. The van der Waals surface area contributed by atoms with E-state index in [4.69, 9.17) is 9.47 Å². The fraction of sp³-hybridized carbons (Fsp3) is 0.333. The maximum absolute atomic E-state index is 12.3. The predicted molar refractivity (Wildman–Crippen MR) is 120 cm³/mol. The summed E-state index contributed by atoms with van der Waals surface area (Å²) in [5, 5.41) is 0.707. The molecule has 0 amide bonds. The third kappa shape index (κ3) is 4.29. The minimum Gasteiger partial charge on any atom is -0.497 e. The molecule has 0 heterocycles. The first-order valence-corrected chi connectivity index (χ1v) is 12.4. The SMILES string of the molecule is CO/C(=C(\C(=C=O)[Si](C)(C)C(C)(C)C)c1ccccc1)c1cccc(OC)c1. The molecule has 0 aliphatic carbocycles. The van der Waals surface area contributed by atoms with Gasteiger partial charge in [0.25, 0.3) is 0 Å². The van der Waals surface area contributed by atoms with Gasteiger partial charge in [-0.15, -0.1) is 0 Å². The summed E-state index contributed by atoms with van der Waals surface area (Å²) in [5.41, 5.74) is 2.63. The molecule has 0 saturated heterocycles. The molecular weight excluding hydrogens is 364 g/mol. The second-order valence-corrected chi connectivity index (χ2v) is 13.6. The second-order valence-electron chi connectivity index (χ2n) is 8.36. The van der Waals surface area contributed by atoms with Crippen molar-refractivity contribution >= 4 is 25.3 Å². The summed E-state index contributed by atoms with van der Waals surface area (Å²) in [5.74, 6) is 3.72. The Bertz CT molecular complexity index is 899. The zero-order valence-electron chi connectivity index (χ0n) is 17.9. The largest absolute Gasteiger partial charge is 0.497 e. The van der Waals surface area contributed by atoms with E-state index in [0.717, 1.165) is 27.6 Å². The fourth-order valence-corrected chi connectivity index (χ4v) is 4.88. The quantitative estimate of drug-likeness (QED) is 0.198. The zero-order chi connectivity index (χ0) is 20.9. The van der Waals surface area contributed by atoms with Crippen molar-refractivity contribution < 1.29 is 14.3 Å². The average Bonchev–Trinajstić information content (AvgIpc) is 2.67. The molecule has 4 heteroatoms. The number of ether oxygens (including phenoxy) is 2. The van der Waals surface area contributed by atoms with Crippen molar-refractivity contribution in [1.82, 2.24) is 0 Å². The highest BCUT2D eigenvalue weighted by Crippen LogP contribution is 2.46. The van der Waals surface area contributed by atoms with E-state index >= 15 is 0 Å². The summed E-state index contributed by atoms with van der Waals surface area (Å²) in [6.07, 6.45) is 0. The van der Waals surface area contributed by atoms with Crippen LogP contribution in [-0.2, 0) is 9.53 Å². The number of hydrogen-bond donors (Lipinski definition) is 0. The second kappa shape index (κ2) is 8.64. The molecule has 0 aliphatic rings. The van der Waals surface area contributed by atoms with Gasteiger partial charge in [0.05, 0.1) is 14.2 Å². The molecule has 0 aliphatic heterocycles. The van der Waals surface area contributed by atoms with Gasteiger partial charge in [0.15, 0.2) is 0 Å². The molecule has 0 unspecified atom stereocenters. The van der Waals surface area contributed by atoms with E-state index in [-0.39, 0.29) is 5.04 Å². The van der Waals surface area contributed by atoms with E-state index in [1.807, 2.05) is 54.6 Å². The Morgan fingerprint density at radius 2 is 1.54 bits per heavy atom. The van der Waals surface area contributed by atoms with E-state index in [1.54, 1.807) is 14.2 Å². The molecule has 3 nitrogen and oxygen atoms in total. The Kier molecular flexibility index (Phi) is 6.71. The van der Waals surface area contributed by atoms with E-state index in [9.17, 15) is 4.79 Å². The number of benzene rings is 2. The van der Waals surface area contributed by atoms with Crippen molar-refractivity contribution in [3.05, 3.63) is 70.9 Å². The third-order valence-electron chi connectivity index (χ3n) is 5.68. The third-order valence-corrected chi connectivity index (χ3v) is 11.0. The van der Waals surface area contributed by atoms with Gasteiger partial charge in [-0.3, -0.25) is 0 Å². The average molecular weight is 395 g/mol. The van der Waals surface area contributed by atoms with Crippen LogP contribution in [0.2, 0.25) is 18.1 Å². The molecule has 0 fully saturated rings. The fourth-order valence-electron chi connectivity index (χ4n) is 2.99. The predicted octanol–water partition coefficient (Wildman–Crippen LogP) is 6.02. The molecule has 0 spiro atoms. The Morgan fingerprint density at radius 1 is 0.929 bits per heavy atom. The normalized spacial score (nSPS) is 12.7. The Balaban J connectivity index is 2.89. The van der Waals surface area contributed by atoms with E-state index in [0.29, 0.717) is 5.76 Å². The van der Waals surface area contributed by atoms with Crippen molar-refractivity contribution in [3.8, 4) is 5.75 Å². The maximum atomic E-state index is 12.3. The lowest BCUT2D eigenvalue weighted by atomic mass is 10.0. The summed E-state index contributed by atoms with van der Waals surface area (Å²) >= 11 is 0. The number of hydrogen-bond acceptors (Lipinski definition) is 3. The number of rotatable bonds is 6. The topological polar surface area (TPSA) is 35.5 Å². The first-order chi connectivity index (χ1) is 13.2. The van der Waals surface area contributed by atoms with Crippen LogP contribution < -0.4 is 4.74 Å². The van der Waals surface area contributed by atoms with Crippen LogP contribution in [0.15, 0.2) is 59.8 Å². The number of methoxy groups -OCH3 is 2. The van der Waals surface area contributed by atoms with Gasteiger partial charge in [-0.25, -0.2) is 4.79 Å². The molecule has 0 radical (unpaired) electrons. The first-order valence-electron chi connectivity index (χ1n) is 9.41. The van der Waals surface area contributed by atoms with Gasteiger partial charge in [0, 0.05) is 16.3 Å². The Morgan fingerprint density at radius 3 is 2.04 bits per heavy atom. The molecule has 2 aromatic rings. The van der Waals surface area contributed by atoms with Crippen LogP contribution in [0.25, 0.3) is 11.3 Å². The molecular formula is C24H30O3Si. The Hall–Kier alpha value is -2.55. The van der Waals surface area contributed by atoms with Gasteiger partial charge in [-0.05, 0) is 22.7 Å². The molecule has 2 rings (SSSR count). The van der Waals surface area contributed by atoms with Crippen LogP contribution in [0.4, 0.5) is 0 Å². The molecule has 0 bridgehead atoms. The molecule has 2 aromatic carbocycles. The van der Waals surface area contributed by atoms with Gasteiger partial charge in [-0.2, -0.15) is 0 Å². The van der Waals surface area contributed by atoms with E-state index in [2.05, 4.69) is 39.8 Å². The number of carbonyl (C=O) groups excluding carboxylic acids is 1. The lowest BCUT2D eigenvalue weighted by Crippen LogP contribution is -2.40. The van der Waals surface area contributed by atoms with Crippen LogP contribution in [0.1, 0.15) is 31.9 Å². The van der Waals surface area contributed by atoms with Crippen molar-refractivity contribution in [3.63, 3.8) is 0 Å². The van der Waals surface area contributed by atoms with Crippen LogP contribution in [0.5, 0.6) is 5.75 Å². The van der Waals surface area contributed by atoms with E-state index in [1.165, 1.54) is 0 Å². The summed E-state index contributed by atoms with van der Waals surface area (Å²) in [7, 11) is 1.09. The molecule has 28 heavy (non-hydrogen) atoms. The van der Waals surface area contributed by atoms with Crippen molar-refractivity contribution in [2.45, 2.75) is 38.9 Å². The summed E-state index contributed by atoms with van der Waals surface area (Å²) in [4.78, 5) is 12.3. The summed E-state index contributed by atoms with van der Waals surface area (Å²) < 4.78 is 11.3. The smallest absolute Gasteiger partial charge is 0.134 e. The maximum Gasteiger partial charge on any atom is 0.134 e. The number of allylic oxidation sites excluding steroid dienone is 2. The highest BCUT2D eigenvalue weighted by atomic mass is 28.3. The van der Waals surface area contributed by atoms with E-state index < -0.39 is 8.07 Å². The van der Waals surface area contributed by atoms with Gasteiger partial charge in [0.1, 0.15) is 25.5 Å². The van der Waals surface area contributed by atoms with Crippen molar-refractivity contribution in [2.24, 2.45) is 0 Å². The van der Waals surface area contributed by atoms with Gasteiger partial charge in [0.2, 0.25) is 0 Å². The molecule has 0 aromatic heterocycles. The van der Waals surface area contributed by atoms with Gasteiger partial charge in [-0.1, -0.05) is 76.3 Å². The Labute approximate surface area is 169 Å². The highest BCUT2D eigenvalue weighted by Gasteiger charge is 2.42. The van der Waals surface area contributed by atoms with Crippen LogP contribution in [-0.4, -0.2) is 28.2 Å². The molecule has 148 valence electrons. The monoisotopic (exact) mass is 394 g/mol. The first kappa shape index (κ1) is 21.7. The minimum absolute atomic E-state index is 0.0208. The minimum atomic E-state index is -2.19. The summed E-state index contributed by atoms with van der Waals surface area (Å²) in [6, 6.07) is 17.7. The van der Waals surface area contributed by atoms with Gasteiger partial charge >= 0.3 is 0 Å². The van der Waals surface area contributed by atoms with Crippen molar-refractivity contribution in [1.29, 1.82) is 0 Å².